The third-order valence-corrected chi connectivity index (χ3v) is 11.0. The van der Waals surface area contributed by atoms with E-state index in [2.05, 4.69) is 37.9 Å². The van der Waals surface area contributed by atoms with E-state index in [-0.39, 0.29) is 35.7 Å². The molecule has 1 rings (SSSR count). The maximum Gasteiger partial charge on any atom is 0.308 e. The van der Waals surface area contributed by atoms with E-state index in [0.717, 1.165) is 96.7 Å². The van der Waals surface area contributed by atoms with Crippen LogP contribution in [0.25, 0.3) is 0 Å². The Morgan fingerprint density at radius 1 is 0.509 bits per heavy atom. The Hall–Kier alpha value is -1.71. The van der Waals surface area contributed by atoms with Gasteiger partial charge in [-0.3, -0.25) is 14.4 Å². The van der Waals surface area contributed by atoms with Gasteiger partial charge in [0.2, 0.25) is 5.91 Å². The fourth-order valence-corrected chi connectivity index (χ4v) is 7.37. The van der Waals surface area contributed by atoms with Crippen molar-refractivity contribution in [2.24, 2.45) is 11.8 Å². The first kappa shape index (κ1) is 51.3. The van der Waals surface area contributed by atoms with Gasteiger partial charge in [-0.25, -0.2) is 0 Å². The summed E-state index contributed by atoms with van der Waals surface area (Å²) in [7, 11) is 0. The van der Waals surface area contributed by atoms with Crippen molar-refractivity contribution in [2.75, 3.05) is 59.3 Å². The fourth-order valence-electron chi connectivity index (χ4n) is 7.37. The van der Waals surface area contributed by atoms with E-state index < -0.39 is 0 Å². The Labute approximate surface area is 338 Å². The molecule has 0 saturated carbocycles. The van der Waals surface area contributed by atoms with E-state index in [4.69, 9.17) is 18.9 Å². The van der Waals surface area contributed by atoms with Gasteiger partial charge >= 0.3 is 11.9 Å². The van der Waals surface area contributed by atoms with Crippen LogP contribution in [0.4, 0.5) is 0 Å². The van der Waals surface area contributed by atoms with Crippen molar-refractivity contribution in [2.45, 2.75) is 207 Å². The Bertz CT molecular complexity index is 820. The van der Waals surface area contributed by atoms with Gasteiger partial charge in [-0.15, -0.1) is 0 Å². The predicted molar refractivity (Wildman–Crippen MR) is 226 cm³/mol. The van der Waals surface area contributed by atoms with Crippen LogP contribution in [0.15, 0.2) is 0 Å². The van der Waals surface area contributed by atoms with Crippen LogP contribution in [0.1, 0.15) is 201 Å². The number of ether oxygens (including phenoxy) is 4. The van der Waals surface area contributed by atoms with E-state index in [9.17, 15) is 14.4 Å². The molecule has 0 aromatic carbocycles. The standard InChI is InChI=1S/C46H88N2O7/c1-5-9-13-17-27-41(28-18-14-10-6-2)45(50)54-37-25-23-35-52-39-43(47-44(49)31-34-48-32-21-22-33-48)40-53-36-24-26-38-55-46(51)42(29-19-15-11-7-3)30-20-16-12-8-4/h41-43H,5-40H2,1-4H3,(H,47,49). The molecule has 1 aliphatic rings. The van der Waals surface area contributed by atoms with Gasteiger partial charge in [-0.1, -0.05) is 130 Å². The number of likely N-dealkylation sites (tertiary alicyclic amines) is 1. The lowest BCUT2D eigenvalue weighted by molar-refractivity contribution is -0.150. The SMILES string of the molecule is CCCCCCC(CCCCCC)C(=O)OCCCCOCC(COCCCCOC(=O)C(CCCCCC)CCCCCC)NC(=O)CCN1CCCC1. The van der Waals surface area contributed by atoms with E-state index in [1.54, 1.807) is 0 Å². The van der Waals surface area contributed by atoms with Gasteiger partial charge in [-0.2, -0.15) is 0 Å². The van der Waals surface area contributed by atoms with Crippen LogP contribution in [0, 0.1) is 11.8 Å². The van der Waals surface area contributed by atoms with E-state index in [1.807, 2.05) is 0 Å². The van der Waals surface area contributed by atoms with E-state index >= 15 is 0 Å². The van der Waals surface area contributed by atoms with Crippen LogP contribution in [0.3, 0.4) is 0 Å². The number of nitrogens with zero attached hydrogens (tertiary/aromatic N) is 1. The second-order valence-electron chi connectivity index (χ2n) is 16.3. The molecule has 0 spiro atoms. The summed E-state index contributed by atoms with van der Waals surface area (Å²) in [5.74, 6) is 0.0251. The highest BCUT2D eigenvalue weighted by molar-refractivity contribution is 5.76. The summed E-state index contributed by atoms with van der Waals surface area (Å²) < 4.78 is 23.5. The molecule has 0 radical (unpaired) electrons. The monoisotopic (exact) mass is 781 g/mol. The molecule has 1 amide bonds. The zero-order chi connectivity index (χ0) is 40.0. The normalized spacial score (nSPS) is 13.4. The molecular weight excluding hydrogens is 693 g/mol. The number of unbranched alkanes of at least 4 members (excludes halogenated alkanes) is 14. The van der Waals surface area contributed by atoms with Crippen LogP contribution in [-0.2, 0) is 33.3 Å². The van der Waals surface area contributed by atoms with Gasteiger partial charge in [0.25, 0.3) is 0 Å². The molecule has 1 fully saturated rings. The number of carbonyl (C=O) groups excluding carboxylic acids is 3. The molecule has 0 aromatic heterocycles. The van der Waals surface area contributed by atoms with Crippen molar-refractivity contribution in [1.82, 2.24) is 10.2 Å². The molecule has 0 aliphatic carbocycles. The Kier molecular flexibility index (Phi) is 35.3. The van der Waals surface area contributed by atoms with Crippen LogP contribution in [-0.4, -0.2) is 88.1 Å². The van der Waals surface area contributed by atoms with Crippen molar-refractivity contribution in [3.8, 4) is 0 Å². The lowest BCUT2D eigenvalue weighted by Gasteiger charge is -2.20. The zero-order valence-electron chi connectivity index (χ0n) is 36.5. The largest absolute Gasteiger partial charge is 0.465 e. The number of rotatable bonds is 40. The molecule has 0 bridgehead atoms. The van der Waals surface area contributed by atoms with Crippen LogP contribution in [0.5, 0.6) is 0 Å². The van der Waals surface area contributed by atoms with E-state index in [0.29, 0.717) is 46.1 Å². The number of esters is 2. The zero-order valence-corrected chi connectivity index (χ0v) is 36.5. The minimum absolute atomic E-state index is 0.0254. The summed E-state index contributed by atoms with van der Waals surface area (Å²) in [6.45, 7) is 14.5. The van der Waals surface area contributed by atoms with Crippen molar-refractivity contribution in [3.63, 3.8) is 0 Å². The topological polar surface area (TPSA) is 103 Å². The molecule has 0 atom stereocenters. The smallest absolute Gasteiger partial charge is 0.308 e. The van der Waals surface area contributed by atoms with Crippen LogP contribution < -0.4 is 5.32 Å². The highest BCUT2D eigenvalue weighted by Crippen LogP contribution is 2.21. The highest BCUT2D eigenvalue weighted by atomic mass is 16.5. The number of amides is 1. The van der Waals surface area contributed by atoms with Crippen molar-refractivity contribution < 1.29 is 33.3 Å². The number of nitrogens with one attached hydrogen (secondary N) is 1. The first-order valence-electron chi connectivity index (χ1n) is 23.4. The maximum absolute atomic E-state index is 12.9. The highest BCUT2D eigenvalue weighted by Gasteiger charge is 2.21. The van der Waals surface area contributed by atoms with Crippen LogP contribution in [0.2, 0.25) is 0 Å². The van der Waals surface area contributed by atoms with Crippen molar-refractivity contribution in [3.05, 3.63) is 0 Å². The van der Waals surface area contributed by atoms with Crippen molar-refractivity contribution in [1.29, 1.82) is 0 Å². The van der Waals surface area contributed by atoms with Gasteiger partial charge in [0.1, 0.15) is 0 Å². The lowest BCUT2D eigenvalue weighted by atomic mass is 9.94. The fraction of sp³-hybridized carbons (Fsp3) is 0.935. The summed E-state index contributed by atoms with van der Waals surface area (Å²) in [4.78, 5) is 41.0. The maximum atomic E-state index is 12.9. The number of hydrogen-bond acceptors (Lipinski definition) is 8. The summed E-state index contributed by atoms with van der Waals surface area (Å²) in [5, 5.41) is 3.14. The van der Waals surface area contributed by atoms with Gasteiger partial charge in [0.05, 0.1) is 44.3 Å². The van der Waals surface area contributed by atoms with Gasteiger partial charge < -0.3 is 29.2 Å². The third-order valence-electron chi connectivity index (χ3n) is 11.0. The quantitative estimate of drug-likeness (QED) is 0.0484. The third kappa shape index (κ3) is 30.1. The van der Waals surface area contributed by atoms with Crippen molar-refractivity contribution >= 4 is 17.8 Å². The van der Waals surface area contributed by atoms with Crippen LogP contribution >= 0.6 is 0 Å². The van der Waals surface area contributed by atoms with E-state index in [1.165, 1.54) is 89.9 Å². The molecule has 0 unspecified atom stereocenters. The molecule has 55 heavy (non-hydrogen) atoms. The summed E-state index contributed by atoms with van der Waals surface area (Å²) >= 11 is 0. The molecule has 1 heterocycles. The first-order valence-corrected chi connectivity index (χ1v) is 23.4. The molecule has 1 aliphatic heterocycles. The minimum Gasteiger partial charge on any atom is -0.465 e. The molecule has 9 heteroatoms. The Balaban J connectivity index is 2.42. The average molecular weight is 781 g/mol. The molecular formula is C46H88N2O7. The Morgan fingerprint density at radius 2 is 0.891 bits per heavy atom. The Morgan fingerprint density at radius 3 is 1.27 bits per heavy atom. The molecule has 1 saturated heterocycles. The average Bonchev–Trinajstić information content (AvgIpc) is 3.71. The van der Waals surface area contributed by atoms with Gasteiger partial charge in [-0.05, 0) is 77.3 Å². The van der Waals surface area contributed by atoms with Gasteiger partial charge in [0, 0.05) is 26.2 Å². The van der Waals surface area contributed by atoms with Gasteiger partial charge in [0.15, 0.2) is 0 Å². The molecule has 324 valence electrons. The predicted octanol–water partition coefficient (Wildman–Crippen LogP) is 10.8. The first-order chi connectivity index (χ1) is 26.9. The molecule has 9 nitrogen and oxygen atoms in total. The number of carbonyl (C=O) groups is 3. The molecule has 0 aromatic rings. The lowest BCUT2D eigenvalue weighted by Crippen LogP contribution is -2.42. The number of hydrogen-bond donors (Lipinski definition) is 1. The summed E-state index contributed by atoms with van der Waals surface area (Å²) in [6, 6.07) is -0.232. The second kappa shape index (κ2) is 37.8. The second-order valence-corrected chi connectivity index (χ2v) is 16.3. The minimum atomic E-state index is -0.232. The molecule has 1 N–H and O–H groups in total. The summed E-state index contributed by atoms with van der Waals surface area (Å²) in [6.07, 6.45) is 28.6. The summed E-state index contributed by atoms with van der Waals surface area (Å²) in [5.41, 5.74) is 0.